The topological polar surface area (TPSA) is 21.3 Å². The molecule has 0 amide bonds. The molecule has 1 N–H and O–H groups in total. The van der Waals surface area contributed by atoms with Crippen molar-refractivity contribution in [2.45, 2.75) is 57.6 Å². The third kappa shape index (κ3) is 4.05. The fourth-order valence-electron chi connectivity index (χ4n) is 2.90. The van der Waals surface area contributed by atoms with Crippen molar-refractivity contribution in [2.75, 3.05) is 13.2 Å². The van der Waals surface area contributed by atoms with Gasteiger partial charge in [-0.3, -0.25) is 0 Å². The van der Waals surface area contributed by atoms with Crippen molar-refractivity contribution >= 4 is 0 Å². The molecule has 2 nitrogen and oxygen atoms in total. The van der Waals surface area contributed by atoms with E-state index in [1.807, 2.05) is 0 Å². The van der Waals surface area contributed by atoms with Gasteiger partial charge in [0.2, 0.25) is 0 Å². The molecule has 1 saturated heterocycles. The lowest BCUT2D eigenvalue weighted by atomic mass is 9.84. The highest BCUT2D eigenvalue weighted by Crippen LogP contribution is 2.29. The normalized spacial score (nSPS) is 25.2. The van der Waals surface area contributed by atoms with Crippen molar-refractivity contribution in [2.24, 2.45) is 0 Å². The lowest BCUT2D eigenvalue weighted by Gasteiger charge is -2.41. The molecule has 2 atom stereocenters. The van der Waals surface area contributed by atoms with Crippen molar-refractivity contribution in [3.63, 3.8) is 0 Å². The first-order valence-corrected chi connectivity index (χ1v) is 7.66. The molecule has 0 bridgehead atoms. The highest BCUT2D eigenvalue weighted by Gasteiger charge is 2.36. The number of rotatable bonds is 6. The molecule has 2 unspecified atom stereocenters. The summed E-state index contributed by atoms with van der Waals surface area (Å²) in [5, 5.41) is 3.70. The minimum Gasteiger partial charge on any atom is -0.374 e. The van der Waals surface area contributed by atoms with Gasteiger partial charge in [0, 0.05) is 12.6 Å². The van der Waals surface area contributed by atoms with Crippen molar-refractivity contribution in [1.29, 1.82) is 0 Å². The Morgan fingerprint density at radius 3 is 2.68 bits per heavy atom. The minimum absolute atomic E-state index is 0.0107. The Balaban J connectivity index is 2.06. The maximum Gasteiger partial charge on any atom is 0.0810 e. The van der Waals surface area contributed by atoms with E-state index in [9.17, 15) is 0 Å². The van der Waals surface area contributed by atoms with Crippen molar-refractivity contribution in [1.82, 2.24) is 5.32 Å². The predicted molar refractivity (Wildman–Crippen MR) is 80.4 cm³/mol. The second-order valence-corrected chi connectivity index (χ2v) is 5.81. The van der Waals surface area contributed by atoms with Crippen molar-refractivity contribution < 1.29 is 4.74 Å². The molecule has 0 radical (unpaired) electrons. The Labute approximate surface area is 117 Å². The standard InChI is InChI=1S/C17H27NO/c1-3-12-18-16(14-15-9-5-4-6-10-15)17(2)11-7-8-13-19-17/h4-6,9-10,16,18H,3,7-8,11-14H2,1-2H3. The molecule has 1 fully saturated rings. The predicted octanol–water partition coefficient (Wildman–Crippen LogP) is 3.56. The van der Waals surface area contributed by atoms with Gasteiger partial charge in [0.05, 0.1) is 5.60 Å². The van der Waals surface area contributed by atoms with Crippen LogP contribution in [0.4, 0.5) is 0 Å². The Kier molecular flexibility index (Phi) is 5.41. The minimum atomic E-state index is -0.0107. The summed E-state index contributed by atoms with van der Waals surface area (Å²) in [5.41, 5.74) is 1.38. The summed E-state index contributed by atoms with van der Waals surface area (Å²) in [6.45, 7) is 6.48. The summed E-state index contributed by atoms with van der Waals surface area (Å²) >= 11 is 0. The van der Waals surface area contributed by atoms with E-state index < -0.39 is 0 Å². The summed E-state index contributed by atoms with van der Waals surface area (Å²) in [5.74, 6) is 0. The van der Waals surface area contributed by atoms with Crippen molar-refractivity contribution in [3.05, 3.63) is 35.9 Å². The quantitative estimate of drug-likeness (QED) is 0.845. The third-order valence-electron chi connectivity index (χ3n) is 4.16. The van der Waals surface area contributed by atoms with E-state index in [0.29, 0.717) is 6.04 Å². The van der Waals surface area contributed by atoms with Crippen LogP contribution in [0.1, 0.15) is 45.1 Å². The Morgan fingerprint density at radius 1 is 1.26 bits per heavy atom. The van der Waals surface area contributed by atoms with Gasteiger partial charge in [-0.1, -0.05) is 37.3 Å². The lowest BCUT2D eigenvalue weighted by Crippen LogP contribution is -2.53. The van der Waals surface area contributed by atoms with E-state index in [4.69, 9.17) is 4.74 Å². The van der Waals surface area contributed by atoms with Crippen LogP contribution in [-0.4, -0.2) is 24.8 Å². The van der Waals surface area contributed by atoms with E-state index in [0.717, 1.165) is 19.6 Å². The lowest BCUT2D eigenvalue weighted by molar-refractivity contribution is -0.0883. The molecule has 1 aromatic rings. The molecule has 2 heteroatoms. The molecule has 2 rings (SSSR count). The number of benzene rings is 1. The van der Waals surface area contributed by atoms with Crippen LogP contribution in [0, 0.1) is 0 Å². The molecule has 1 heterocycles. The van der Waals surface area contributed by atoms with E-state index in [2.05, 4.69) is 49.5 Å². The van der Waals surface area contributed by atoms with Crippen LogP contribution in [0.25, 0.3) is 0 Å². The van der Waals surface area contributed by atoms with Gasteiger partial charge in [-0.05, 0) is 51.1 Å². The first-order valence-electron chi connectivity index (χ1n) is 7.66. The zero-order valence-electron chi connectivity index (χ0n) is 12.3. The largest absolute Gasteiger partial charge is 0.374 e. The van der Waals surface area contributed by atoms with Gasteiger partial charge in [-0.15, -0.1) is 0 Å². The Hall–Kier alpha value is -0.860. The second kappa shape index (κ2) is 7.06. The van der Waals surface area contributed by atoms with E-state index in [1.165, 1.54) is 31.2 Å². The molecule has 106 valence electrons. The smallest absolute Gasteiger partial charge is 0.0810 e. The van der Waals surface area contributed by atoms with Crippen LogP contribution < -0.4 is 5.32 Å². The van der Waals surface area contributed by atoms with Gasteiger partial charge in [-0.2, -0.15) is 0 Å². The van der Waals surface area contributed by atoms with Gasteiger partial charge in [0.15, 0.2) is 0 Å². The highest BCUT2D eigenvalue weighted by atomic mass is 16.5. The number of nitrogens with one attached hydrogen (secondary N) is 1. The molecule has 1 aliphatic heterocycles. The fraction of sp³-hybridized carbons (Fsp3) is 0.647. The fourth-order valence-corrected chi connectivity index (χ4v) is 2.90. The van der Waals surface area contributed by atoms with Gasteiger partial charge in [-0.25, -0.2) is 0 Å². The average molecular weight is 261 g/mol. The van der Waals surface area contributed by atoms with Gasteiger partial charge in [0.1, 0.15) is 0 Å². The monoisotopic (exact) mass is 261 g/mol. The van der Waals surface area contributed by atoms with Crippen LogP contribution in [0.15, 0.2) is 30.3 Å². The van der Waals surface area contributed by atoms with Crippen LogP contribution in [0.2, 0.25) is 0 Å². The summed E-state index contributed by atoms with van der Waals surface area (Å²) in [7, 11) is 0. The maximum atomic E-state index is 6.13. The van der Waals surface area contributed by atoms with Crippen LogP contribution >= 0.6 is 0 Å². The average Bonchev–Trinajstić information content (AvgIpc) is 2.45. The summed E-state index contributed by atoms with van der Waals surface area (Å²) in [6.07, 6.45) is 5.89. The third-order valence-corrected chi connectivity index (χ3v) is 4.16. The number of ether oxygens (including phenoxy) is 1. The van der Waals surface area contributed by atoms with Gasteiger partial charge >= 0.3 is 0 Å². The number of hydrogen-bond acceptors (Lipinski definition) is 2. The first kappa shape index (κ1) is 14.5. The molecule has 0 aromatic heterocycles. The molecule has 1 aliphatic rings. The van der Waals surface area contributed by atoms with E-state index in [1.54, 1.807) is 0 Å². The van der Waals surface area contributed by atoms with Gasteiger partial charge < -0.3 is 10.1 Å². The molecule has 0 aliphatic carbocycles. The molecule has 0 spiro atoms. The van der Waals surface area contributed by atoms with Crippen molar-refractivity contribution in [3.8, 4) is 0 Å². The summed E-state index contributed by atoms with van der Waals surface area (Å²) in [6, 6.07) is 11.2. The summed E-state index contributed by atoms with van der Waals surface area (Å²) in [4.78, 5) is 0. The molecular weight excluding hydrogens is 234 g/mol. The summed E-state index contributed by atoms with van der Waals surface area (Å²) < 4.78 is 6.13. The molecular formula is C17H27NO. The van der Waals surface area contributed by atoms with E-state index >= 15 is 0 Å². The second-order valence-electron chi connectivity index (χ2n) is 5.81. The molecule has 0 saturated carbocycles. The first-order chi connectivity index (χ1) is 9.24. The zero-order valence-corrected chi connectivity index (χ0v) is 12.3. The molecule has 1 aromatic carbocycles. The Morgan fingerprint density at radius 2 is 2.05 bits per heavy atom. The number of hydrogen-bond donors (Lipinski definition) is 1. The van der Waals surface area contributed by atoms with E-state index in [-0.39, 0.29) is 5.60 Å². The molecule has 19 heavy (non-hydrogen) atoms. The maximum absolute atomic E-state index is 6.13. The van der Waals surface area contributed by atoms with Crippen LogP contribution in [0.5, 0.6) is 0 Å². The van der Waals surface area contributed by atoms with Crippen LogP contribution in [-0.2, 0) is 11.2 Å². The SMILES string of the molecule is CCCNC(Cc1ccccc1)C1(C)CCCCO1. The van der Waals surface area contributed by atoms with Gasteiger partial charge in [0.25, 0.3) is 0 Å². The van der Waals surface area contributed by atoms with Crippen LogP contribution in [0.3, 0.4) is 0 Å². The zero-order chi connectivity index (χ0) is 13.6. The highest BCUT2D eigenvalue weighted by molar-refractivity contribution is 5.17. The Bertz CT molecular complexity index is 357.